The minimum absolute atomic E-state index is 0.00460. The van der Waals surface area contributed by atoms with Crippen LogP contribution in [0.1, 0.15) is 49.4 Å². The first-order chi connectivity index (χ1) is 9.69. The molecule has 0 aromatic heterocycles. The first kappa shape index (κ1) is 15.4. The lowest BCUT2D eigenvalue weighted by Crippen LogP contribution is -2.37. The number of amides is 1. The lowest BCUT2D eigenvalue weighted by atomic mass is 9.95. The fourth-order valence-corrected chi connectivity index (χ4v) is 2.94. The zero-order valence-electron chi connectivity index (χ0n) is 11.9. The predicted molar refractivity (Wildman–Crippen MR) is 84.7 cm³/mol. The average Bonchev–Trinajstić information content (AvgIpc) is 2.48. The van der Waals surface area contributed by atoms with Crippen molar-refractivity contribution in [1.29, 1.82) is 0 Å². The second kappa shape index (κ2) is 7.67. The van der Waals surface area contributed by atoms with Gasteiger partial charge in [-0.1, -0.05) is 28.9 Å². The lowest BCUT2D eigenvalue weighted by molar-refractivity contribution is 0.0928. The zero-order chi connectivity index (χ0) is 14.4. The molecule has 0 atom stereocenters. The summed E-state index contributed by atoms with van der Waals surface area (Å²) in [7, 11) is 0. The van der Waals surface area contributed by atoms with Gasteiger partial charge in [-0.2, -0.15) is 0 Å². The number of alkyl halides is 1. The molecule has 0 saturated heterocycles. The van der Waals surface area contributed by atoms with Gasteiger partial charge in [0, 0.05) is 16.4 Å². The quantitative estimate of drug-likeness (QED) is 0.826. The van der Waals surface area contributed by atoms with Crippen molar-refractivity contribution in [2.75, 3.05) is 6.61 Å². The Bertz CT molecular complexity index is 442. The van der Waals surface area contributed by atoms with Gasteiger partial charge in [-0.15, -0.1) is 0 Å². The fraction of sp³-hybridized carbons (Fsp3) is 0.562. The highest BCUT2D eigenvalue weighted by Gasteiger charge is 2.21. The Morgan fingerprint density at radius 2 is 2.10 bits per heavy atom. The van der Waals surface area contributed by atoms with Gasteiger partial charge in [-0.05, 0) is 50.3 Å². The van der Waals surface area contributed by atoms with Crippen molar-refractivity contribution in [3.8, 4) is 5.75 Å². The molecule has 1 aromatic rings. The molecule has 0 heterocycles. The molecule has 1 N–H and O–H groups in total. The molecule has 0 radical (unpaired) electrons. The van der Waals surface area contributed by atoms with E-state index in [0.29, 0.717) is 23.0 Å². The number of ether oxygens (including phenoxy) is 1. The maximum absolute atomic E-state index is 12.2. The molecule has 0 bridgehead atoms. The normalized spacial score (nSPS) is 22.3. The molecule has 1 aliphatic carbocycles. The molecule has 4 heteroatoms. The van der Waals surface area contributed by atoms with E-state index in [-0.39, 0.29) is 5.91 Å². The van der Waals surface area contributed by atoms with Crippen LogP contribution in [0.25, 0.3) is 0 Å². The molecule has 0 unspecified atom stereocenters. The maximum atomic E-state index is 12.2. The summed E-state index contributed by atoms with van der Waals surface area (Å²) in [4.78, 5) is 12.9. The third-order valence-corrected chi connectivity index (χ3v) is 4.48. The third-order valence-electron chi connectivity index (χ3n) is 3.56. The molecule has 1 aliphatic rings. The van der Waals surface area contributed by atoms with E-state index in [1.54, 1.807) is 0 Å². The smallest absolute Gasteiger partial charge is 0.251 e. The molecule has 0 spiro atoms. The highest BCUT2D eigenvalue weighted by Crippen LogP contribution is 2.24. The minimum atomic E-state index is 0.00460. The average molecular weight is 340 g/mol. The highest BCUT2D eigenvalue weighted by atomic mass is 79.9. The fourth-order valence-electron chi connectivity index (χ4n) is 2.41. The van der Waals surface area contributed by atoms with Crippen molar-refractivity contribution in [2.24, 2.45) is 0 Å². The molecule has 1 aromatic carbocycles. The lowest BCUT2D eigenvalue weighted by Gasteiger charge is -2.26. The van der Waals surface area contributed by atoms with Gasteiger partial charge in [0.25, 0.3) is 5.91 Å². The zero-order valence-corrected chi connectivity index (χ0v) is 13.5. The Kier molecular flexibility index (Phi) is 5.89. The van der Waals surface area contributed by atoms with E-state index in [9.17, 15) is 4.79 Å². The van der Waals surface area contributed by atoms with E-state index < -0.39 is 0 Å². The van der Waals surface area contributed by atoms with E-state index in [1.807, 2.05) is 24.3 Å². The van der Waals surface area contributed by atoms with Crippen LogP contribution in [-0.4, -0.2) is 23.4 Å². The summed E-state index contributed by atoms with van der Waals surface area (Å²) in [5.41, 5.74) is 0.680. The van der Waals surface area contributed by atoms with Gasteiger partial charge in [-0.3, -0.25) is 4.79 Å². The Balaban J connectivity index is 1.91. The van der Waals surface area contributed by atoms with Gasteiger partial charge in [0.15, 0.2) is 0 Å². The van der Waals surface area contributed by atoms with Crippen molar-refractivity contribution in [3.63, 3.8) is 0 Å². The van der Waals surface area contributed by atoms with Crippen LogP contribution in [0.3, 0.4) is 0 Å². The molecule has 110 valence electrons. The molecular weight excluding hydrogens is 318 g/mol. The summed E-state index contributed by atoms with van der Waals surface area (Å²) in [6.45, 7) is 2.75. The van der Waals surface area contributed by atoms with Crippen LogP contribution in [0.2, 0.25) is 0 Å². The van der Waals surface area contributed by atoms with Crippen molar-refractivity contribution in [2.45, 2.75) is 49.9 Å². The minimum Gasteiger partial charge on any atom is -0.494 e. The monoisotopic (exact) mass is 339 g/mol. The molecule has 20 heavy (non-hydrogen) atoms. The Morgan fingerprint density at radius 1 is 1.35 bits per heavy atom. The van der Waals surface area contributed by atoms with Crippen LogP contribution in [0.5, 0.6) is 5.75 Å². The second-order valence-electron chi connectivity index (χ2n) is 5.30. The van der Waals surface area contributed by atoms with Crippen molar-refractivity contribution in [3.05, 3.63) is 29.8 Å². The van der Waals surface area contributed by atoms with Crippen LogP contribution < -0.4 is 10.1 Å². The predicted octanol–water partition coefficient (Wildman–Crippen LogP) is 3.91. The topological polar surface area (TPSA) is 38.3 Å². The first-order valence-corrected chi connectivity index (χ1v) is 8.28. The van der Waals surface area contributed by atoms with Crippen LogP contribution in [0.15, 0.2) is 24.3 Å². The van der Waals surface area contributed by atoms with Crippen LogP contribution in [0, 0.1) is 0 Å². The summed E-state index contributed by atoms with van der Waals surface area (Å²) in [6.07, 6.45) is 5.32. The van der Waals surface area contributed by atoms with Gasteiger partial charge >= 0.3 is 0 Å². The Morgan fingerprint density at radius 3 is 2.80 bits per heavy atom. The van der Waals surface area contributed by atoms with E-state index in [4.69, 9.17) is 4.74 Å². The molecule has 1 amide bonds. The van der Waals surface area contributed by atoms with Crippen LogP contribution >= 0.6 is 15.9 Å². The highest BCUT2D eigenvalue weighted by molar-refractivity contribution is 9.09. The summed E-state index contributed by atoms with van der Waals surface area (Å²) in [5, 5.41) is 3.12. The summed E-state index contributed by atoms with van der Waals surface area (Å²) in [5.74, 6) is 0.772. The van der Waals surface area contributed by atoms with E-state index in [0.717, 1.165) is 37.9 Å². The Labute approximate surface area is 129 Å². The molecule has 1 fully saturated rings. The van der Waals surface area contributed by atoms with Crippen LogP contribution in [0.4, 0.5) is 0 Å². The number of hydrogen-bond donors (Lipinski definition) is 1. The largest absolute Gasteiger partial charge is 0.494 e. The van der Waals surface area contributed by atoms with Gasteiger partial charge in [-0.25, -0.2) is 0 Å². The number of rotatable bonds is 5. The molecule has 1 saturated carbocycles. The Hall–Kier alpha value is -1.03. The second-order valence-corrected chi connectivity index (χ2v) is 6.59. The van der Waals surface area contributed by atoms with Gasteiger partial charge in [0.2, 0.25) is 0 Å². The number of carbonyl (C=O) groups excluding carboxylic acids is 1. The molecular formula is C16H22BrNO2. The summed E-state index contributed by atoms with van der Waals surface area (Å²) in [6, 6.07) is 7.72. The van der Waals surface area contributed by atoms with Crippen molar-refractivity contribution in [1.82, 2.24) is 5.32 Å². The standard InChI is InChI=1S/C16H22BrNO2/c1-2-10-20-15-5-3-4-12(11-15)16(19)18-14-8-6-13(17)7-9-14/h3-5,11,13-14H,2,6-10H2,1H3,(H,18,19). The number of nitrogens with one attached hydrogen (secondary N) is 1. The van der Waals surface area contributed by atoms with Crippen LogP contribution in [-0.2, 0) is 0 Å². The van der Waals surface area contributed by atoms with Crippen molar-refractivity contribution < 1.29 is 9.53 Å². The third kappa shape index (κ3) is 4.51. The number of carbonyl (C=O) groups is 1. The molecule has 2 rings (SSSR count). The van der Waals surface area contributed by atoms with Gasteiger partial charge in [0.05, 0.1) is 6.61 Å². The number of hydrogen-bond acceptors (Lipinski definition) is 2. The summed E-state index contributed by atoms with van der Waals surface area (Å²) >= 11 is 3.63. The maximum Gasteiger partial charge on any atom is 0.251 e. The molecule has 3 nitrogen and oxygen atoms in total. The van der Waals surface area contributed by atoms with E-state index in [2.05, 4.69) is 28.2 Å². The molecule has 0 aliphatic heterocycles. The number of halogens is 1. The van der Waals surface area contributed by atoms with Gasteiger partial charge < -0.3 is 10.1 Å². The van der Waals surface area contributed by atoms with E-state index >= 15 is 0 Å². The van der Waals surface area contributed by atoms with Crippen molar-refractivity contribution >= 4 is 21.8 Å². The van der Waals surface area contributed by atoms with E-state index in [1.165, 1.54) is 0 Å². The summed E-state index contributed by atoms with van der Waals surface area (Å²) < 4.78 is 5.56. The first-order valence-electron chi connectivity index (χ1n) is 7.37. The number of benzene rings is 1. The SMILES string of the molecule is CCCOc1cccc(C(=O)NC2CCC(Br)CC2)c1. The van der Waals surface area contributed by atoms with Gasteiger partial charge in [0.1, 0.15) is 5.75 Å².